The number of nitrogens with zero attached hydrogens (tertiary/aromatic N) is 1. The third-order valence-electron chi connectivity index (χ3n) is 4.44. The zero-order chi connectivity index (χ0) is 11.3. The summed E-state index contributed by atoms with van der Waals surface area (Å²) in [5.74, 6) is 0. The van der Waals surface area contributed by atoms with Gasteiger partial charge in [-0.05, 0) is 50.6 Å². The molecule has 0 aromatic rings. The molecule has 1 heterocycles. The van der Waals surface area contributed by atoms with Gasteiger partial charge in [-0.2, -0.15) is 0 Å². The van der Waals surface area contributed by atoms with Crippen LogP contribution in [0.4, 0.5) is 0 Å². The quantitative estimate of drug-likeness (QED) is 0.733. The van der Waals surface area contributed by atoms with Crippen LogP contribution in [0.1, 0.15) is 52.9 Å². The molecule has 0 radical (unpaired) electrons. The van der Waals surface area contributed by atoms with E-state index in [1.165, 1.54) is 45.2 Å². The van der Waals surface area contributed by atoms with E-state index in [0.29, 0.717) is 5.41 Å². The van der Waals surface area contributed by atoms with E-state index in [4.69, 9.17) is 5.73 Å². The molecule has 0 aromatic carbocycles. The van der Waals surface area contributed by atoms with Gasteiger partial charge in [0.15, 0.2) is 0 Å². The Kier molecular flexibility index (Phi) is 5.07. The maximum absolute atomic E-state index is 5.97. The van der Waals surface area contributed by atoms with Crippen LogP contribution in [0.3, 0.4) is 0 Å². The van der Waals surface area contributed by atoms with Crippen LogP contribution in [0.2, 0.25) is 0 Å². The molecule has 90 valence electrons. The molecule has 1 fully saturated rings. The van der Waals surface area contributed by atoms with Crippen molar-refractivity contribution in [2.45, 2.75) is 58.9 Å². The molecule has 0 aromatic heterocycles. The number of rotatable bonds is 6. The van der Waals surface area contributed by atoms with Crippen molar-refractivity contribution in [2.24, 2.45) is 11.1 Å². The van der Waals surface area contributed by atoms with Crippen LogP contribution in [-0.2, 0) is 0 Å². The number of likely N-dealkylation sites (tertiary alicyclic amines) is 1. The Hall–Kier alpha value is -0.0800. The molecule has 2 N–H and O–H groups in total. The predicted molar refractivity (Wildman–Crippen MR) is 67.0 cm³/mol. The minimum absolute atomic E-state index is 0.373. The molecular formula is C13H28N2. The Morgan fingerprint density at radius 3 is 2.40 bits per heavy atom. The van der Waals surface area contributed by atoms with Crippen molar-refractivity contribution in [3.63, 3.8) is 0 Å². The second-order valence-corrected chi connectivity index (χ2v) is 5.09. The summed E-state index contributed by atoms with van der Waals surface area (Å²) in [6, 6.07) is 0.828. The van der Waals surface area contributed by atoms with Gasteiger partial charge >= 0.3 is 0 Å². The van der Waals surface area contributed by atoms with E-state index in [-0.39, 0.29) is 0 Å². The number of hydrogen-bond donors (Lipinski definition) is 1. The topological polar surface area (TPSA) is 29.3 Å². The van der Waals surface area contributed by atoms with Crippen molar-refractivity contribution in [1.82, 2.24) is 4.90 Å². The lowest BCUT2D eigenvalue weighted by Gasteiger charge is -2.37. The van der Waals surface area contributed by atoms with Gasteiger partial charge in [-0.1, -0.05) is 20.8 Å². The summed E-state index contributed by atoms with van der Waals surface area (Å²) in [6.45, 7) is 10.2. The molecular weight excluding hydrogens is 184 g/mol. The van der Waals surface area contributed by atoms with E-state index < -0.39 is 0 Å². The van der Waals surface area contributed by atoms with Gasteiger partial charge in [0.1, 0.15) is 0 Å². The van der Waals surface area contributed by atoms with Gasteiger partial charge < -0.3 is 5.73 Å². The monoisotopic (exact) mass is 212 g/mol. The van der Waals surface area contributed by atoms with Gasteiger partial charge in [0.25, 0.3) is 0 Å². The number of hydrogen-bond acceptors (Lipinski definition) is 2. The summed E-state index contributed by atoms with van der Waals surface area (Å²) in [5, 5.41) is 0. The average Bonchev–Trinajstić information content (AvgIpc) is 2.73. The van der Waals surface area contributed by atoms with Gasteiger partial charge in [0, 0.05) is 12.6 Å². The first kappa shape index (κ1) is 13.0. The summed E-state index contributed by atoms with van der Waals surface area (Å²) in [6.07, 6.45) is 6.51. The molecule has 15 heavy (non-hydrogen) atoms. The highest BCUT2D eigenvalue weighted by Gasteiger charge is 2.32. The van der Waals surface area contributed by atoms with Gasteiger partial charge in [-0.3, -0.25) is 4.90 Å². The predicted octanol–water partition coefficient (Wildman–Crippen LogP) is 2.63. The van der Waals surface area contributed by atoms with Crippen molar-refractivity contribution in [3.05, 3.63) is 0 Å². The third kappa shape index (κ3) is 2.94. The van der Waals surface area contributed by atoms with E-state index >= 15 is 0 Å². The smallest absolute Gasteiger partial charge is 0.00933 e. The molecule has 0 saturated carbocycles. The zero-order valence-corrected chi connectivity index (χ0v) is 10.8. The van der Waals surface area contributed by atoms with Crippen molar-refractivity contribution in [2.75, 3.05) is 19.6 Å². The summed E-state index contributed by atoms with van der Waals surface area (Å²) < 4.78 is 0. The minimum atomic E-state index is 0.373. The Labute approximate surface area is 95.2 Å². The van der Waals surface area contributed by atoms with Gasteiger partial charge in [-0.25, -0.2) is 0 Å². The minimum Gasteiger partial charge on any atom is -0.330 e. The van der Waals surface area contributed by atoms with Crippen molar-refractivity contribution in [3.8, 4) is 0 Å². The molecule has 1 aliphatic heterocycles. The highest BCUT2D eigenvalue weighted by atomic mass is 15.2. The van der Waals surface area contributed by atoms with E-state index in [1.807, 2.05) is 0 Å². The van der Waals surface area contributed by atoms with Gasteiger partial charge in [0.05, 0.1) is 0 Å². The van der Waals surface area contributed by atoms with E-state index in [9.17, 15) is 0 Å². The maximum Gasteiger partial charge on any atom is 0.00933 e. The molecule has 1 unspecified atom stereocenters. The van der Waals surface area contributed by atoms with Crippen LogP contribution in [0, 0.1) is 5.41 Å². The molecule has 2 nitrogen and oxygen atoms in total. The summed E-state index contributed by atoms with van der Waals surface area (Å²) >= 11 is 0. The second-order valence-electron chi connectivity index (χ2n) is 5.09. The van der Waals surface area contributed by atoms with E-state index in [2.05, 4.69) is 25.7 Å². The first-order chi connectivity index (χ1) is 7.21. The van der Waals surface area contributed by atoms with Crippen LogP contribution in [0.15, 0.2) is 0 Å². The fourth-order valence-electron chi connectivity index (χ4n) is 2.82. The standard InChI is InChI=1S/C13H28N2/c1-4-12-8-7-9-15(12)11-13(5-2,6-3)10-14/h12H,4-11,14H2,1-3H3. The molecule has 0 spiro atoms. The van der Waals surface area contributed by atoms with Crippen molar-refractivity contribution in [1.29, 1.82) is 0 Å². The third-order valence-corrected chi connectivity index (χ3v) is 4.44. The zero-order valence-electron chi connectivity index (χ0n) is 10.8. The van der Waals surface area contributed by atoms with Gasteiger partial charge in [0.2, 0.25) is 0 Å². The van der Waals surface area contributed by atoms with Gasteiger partial charge in [-0.15, -0.1) is 0 Å². The normalized spacial score (nSPS) is 23.6. The fourth-order valence-corrected chi connectivity index (χ4v) is 2.82. The van der Waals surface area contributed by atoms with Crippen LogP contribution >= 0.6 is 0 Å². The van der Waals surface area contributed by atoms with E-state index in [0.717, 1.165) is 12.6 Å². The number of nitrogens with two attached hydrogens (primary N) is 1. The SMILES string of the molecule is CCC1CCCN1CC(CC)(CC)CN. The molecule has 1 atom stereocenters. The summed E-state index contributed by atoms with van der Waals surface area (Å²) in [4.78, 5) is 2.68. The maximum atomic E-state index is 5.97. The first-order valence-electron chi connectivity index (χ1n) is 6.65. The van der Waals surface area contributed by atoms with Crippen LogP contribution < -0.4 is 5.73 Å². The molecule has 1 saturated heterocycles. The second kappa shape index (κ2) is 5.86. The first-order valence-corrected chi connectivity index (χ1v) is 6.65. The van der Waals surface area contributed by atoms with E-state index in [1.54, 1.807) is 0 Å². The highest BCUT2D eigenvalue weighted by Crippen LogP contribution is 2.30. The summed E-state index contributed by atoms with van der Waals surface area (Å²) in [5.41, 5.74) is 6.34. The van der Waals surface area contributed by atoms with Crippen LogP contribution in [0.25, 0.3) is 0 Å². The fraction of sp³-hybridized carbons (Fsp3) is 1.00. The molecule has 1 rings (SSSR count). The Morgan fingerprint density at radius 1 is 1.27 bits per heavy atom. The lowest BCUT2D eigenvalue weighted by Crippen LogP contribution is -2.43. The Morgan fingerprint density at radius 2 is 1.93 bits per heavy atom. The molecule has 0 aliphatic carbocycles. The largest absolute Gasteiger partial charge is 0.330 e. The molecule has 2 heteroatoms. The molecule has 1 aliphatic rings. The Balaban J connectivity index is 2.57. The van der Waals surface area contributed by atoms with Crippen molar-refractivity contribution >= 4 is 0 Å². The molecule has 0 bridgehead atoms. The Bertz CT molecular complexity index is 167. The lowest BCUT2D eigenvalue weighted by atomic mass is 9.81. The highest BCUT2D eigenvalue weighted by molar-refractivity contribution is 4.87. The average molecular weight is 212 g/mol. The summed E-state index contributed by atoms with van der Waals surface area (Å²) in [7, 11) is 0. The molecule has 0 amide bonds. The van der Waals surface area contributed by atoms with Crippen molar-refractivity contribution < 1.29 is 0 Å². The van der Waals surface area contributed by atoms with Crippen LogP contribution in [0.5, 0.6) is 0 Å². The van der Waals surface area contributed by atoms with Crippen LogP contribution in [-0.4, -0.2) is 30.6 Å². The lowest BCUT2D eigenvalue weighted by molar-refractivity contribution is 0.131.